The van der Waals surface area contributed by atoms with E-state index < -0.39 is 21.5 Å². The molecule has 0 bridgehead atoms. The first kappa shape index (κ1) is 17.0. The summed E-state index contributed by atoms with van der Waals surface area (Å²) >= 11 is 12.6. The highest BCUT2D eigenvalue weighted by Gasteiger charge is 2.48. The maximum atomic E-state index is 12.5. The molecule has 118 valence electrons. The molecule has 2 unspecified atom stereocenters. The van der Waals surface area contributed by atoms with E-state index in [1.54, 1.807) is 6.92 Å². The lowest BCUT2D eigenvalue weighted by Gasteiger charge is -2.39. The number of carboxylic acids is 1. The van der Waals surface area contributed by atoms with E-state index >= 15 is 0 Å². The standard InChI is InChI=1S/C12H15Cl2NO4S2/c1-7-4-2-3-5-12(7,11(16)17)15-21(18,19)8-6-9(13)20-10(8)14/h6-7,15H,2-5H2,1H3,(H,16,17). The Bertz CT molecular complexity index is 658. The van der Waals surface area contributed by atoms with Gasteiger partial charge in [0.15, 0.2) is 0 Å². The van der Waals surface area contributed by atoms with Gasteiger partial charge in [-0.2, -0.15) is 4.72 Å². The molecule has 2 N–H and O–H groups in total. The molecule has 2 atom stereocenters. The van der Waals surface area contributed by atoms with Crippen molar-refractivity contribution in [2.24, 2.45) is 5.92 Å². The number of carboxylic acid groups (broad SMARTS) is 1. The normalized spacial score (nSPS) is 26.7. The summed E-state index contributed by atoms with van der Waals surface area (Å²) in [4.78, 5) is 11.5. The van der Waals surface area contributed by atoms with Crippen molar-refractivity contribution in [3.05, 3.63) is 14.7 Å². The Kier molecular flexibility index (Phi) is 4.90. The monoisotopic (exact) mass is 371 g/mol. The second-order valence-corrected chi connectivity index (χ2v) is 9.15. The van der Waals surface area contributed by atoms with E-state index in [1.807, 2.05) is 0 Å². The Hall–Kier alpha value is -0.340. The molecule has 1 saturated carbocycles. The van der Waals surface area contributed by atoms with E-state index in [1.165, 1.54) is 6.07 Å². The first-order valence-electron chi connectivity index (χ1n) is 6.41. The molecule has 1 aliphatic carbocycles. The van der Waals surface area contributed by atoms with Gasteiger partial charge in [0.05, 0.1) is 4.34 Å². The summed E-state index contributed by atoms with van der Waals surface area (Å²) in [5.41, 5.74) is -1.49. The lowest BCUT2D eigenvalue weighted by Crippen LogP contribution is -2.59. The van der Waals surface area contributed by atoms with Gasteiger partial charge in [-0.25, -0.2) is 8.42 Å². The summed E-state index contributed by atoms with van der Waals surface area (Å²) in [5, 5.41) is 9.56. The average Bonchev–Trinajstić information content (AvgIpc) is 2.72. The summed E-state index contributed by atoms with van der Waals surface area (Å²) < 4.78 is 27.6. The molecular weight excluding hydrogens is 357 g/mol. The Morgan fingerprint density at radius 3 is 2.62 bits per heavy atom. The SMILES string of the molecule is CC1CCCCC1(NS(=O)(=O)c1cc(Cl)sc1Cl)C(=O)O. The molecule has 2 rings (SSSR count). The number of hydrogen-bond donors (Lipinski definition) is 2. The third kappa shape index (κ3) is 3.22. The Morgan fingerprint density at radius 2 is 2.14 bits per heavy atom. The quantitative estimate of drug-likeness (QED) is 0.849. The number of hydrogen-bond acceptors (Lipinski definition) is 4. The summed E-state index contributed by atoms with van der Waals surface area (Å²) in [6.45, 7) is 1.75. The highest BCUT2D eigenvalue weighted by atomic mass is 35.5. The molecule has 0 radical (unpaired) electrons. The number of sulfonamides is 1. The Balaban J connectivity index is 2.41. The van der Waals surface area contributed by atoms with Crippen LogP contribution < -0.4 is 4.72 Å². The number of carbonyl (C=O) groups is 1. The third-order valence-electron chi connectivity index (χ3n) is 3.91. The van der Waals surface area contributed by atoms with Crippen molar-refractivity contribution in [1.82, 2.24) is 4.72 Å². The van der Waals surface area contributed by atoms with Gasteiger partial charge in [-0.15, -0.1) is 11.3 Å². The molecule has 21 heavy (non-hydrogen) atoms. The van der Waals surface area contributed by atoms with E-state index in [-0.39, 0.29) is 25.9 Å². The average molecular weight is 372 g/mol. The number of aliphatic carboxylic acids is 1. The van der Waals surface area contributed by atoms with Crippen molar-refractivity contribution < 1.29 is 18.3 Å². The third-order valence-corrected chi connectivity index (χ3v) is 7.18. The zero-order valence-electron chi connectivity index (χ0n) is 11.2. The largest absolute Gasteiger partial charge is 0.480 e. The van der Waals surface area contributed by atoms with Crippen LogP contribution >= 0.6 is 34.5 Å². The van der Waals surface area contributed by atoms with Crippen molar-refractivity contribution in [2.45, 2.75) is 43.0 Å². The van der Waals surface area contributed by atoms with Gasteiger partial charge in [-0.05, 0) is 24.8 Å². The van der Waals surface area contributed by atoms with E-state index in [4.69, 9.17) is 23.2 Å². The highest BCUT2D eigenvalue weighted by Crippen LogP contribution is 2.38. The van der Waals surface area contributed by atoms with Crippen LogP contribution in [0.15, 0.2) is 11.0 Å². The van der Waals surface area contributed by atoms with Crippen molar-refractivity contribution in [2.75, 3.05) is 0 Å². The molecule has 0 saturated heterocycles. The number of halogens is 2. The zero-order chi connectivity index (χ0) is 15.8. The summed E-state index contributed by atoms with van der Waals surface area (Å²) in [6, 6.07) is 1.24. The lowest BCUT2D eigenvalue weighted by atomic mass is 9.74. The predicted octanol–water partition coefficient (Wildman–Crippen LogP) is 3.37. The number of nitrogens with one attached hydrogen (secondary N) is 1. The molecule has 5 nitrogen and oxygen atoms in total. The first-order valence-corrected chi connectivity index (χ1v) is 9.47. The van der Waals surface area contributed by atoms with Gasteiger partial charge in [-0.3, -0.25) is 4.79 Å². The van der Waals surface area contributed by atoms with Crippen LogP contribution in [0.5, 0.6) is 0 Å². The second kappa shape index (κ2) is 6.04. The van der Waals surface area contributed by atoms with Gasteiger partial charge in [-0.1, -0.05) is 43.0 Å². The molecule has 1 aromatic rings. The molecule has 9 heteroatoms. The van der Waals surface area contributed by atoms with Crippen LogP contribution in [0.4, 0.5) is 0 Å². The minimum Gasteiger partial charge on any atom is -0.480 e. The van der Waals surface area contributed by atoms with E-state index in [0.717, 1.165) is 17.8 Å². The minimum absolute atomic E-state index is 0.0245. The van der Waals surface area contributed by atoms with Crippen LogP contribution in [0.1, 0.15) is 32.6 Å². The van der Waals surface area contributed by atoms with Crippen LogP contribution in [0, 0.1) is 5.92 Å². The molecule has 0 spiro atoms. The van der Waals surface area contributed by atoms with Gasteiger partial charge in [0, 0.05) is 0 Å². The highest BCUT2D eigenvalue weighted by molar-refractivity contribution is 7.90. The van der Waals surface area contributed by atoms with E-state index in [9.17, 15) is 18.3 Å². The topological polar surface area (TPSA) is 83.5 Å². The number of rotatable bonds is 4. The van der Waals surface area contributed by atoms with Crippen LogP contribution in [0.25, 0.3) is 0 Å². The van der Waals surface area contributed by atoms with Crippen LogP contribution in [-0.4, -0.2) is 25.0 Å². The maximum Gasteiger partial charge on any atom is 0.325 e. The fourth-order valence-corrected chi connectivity index (χ4v) is 6.30. The molecule has 1 fully saturated rings. The van der Waals surface area contributed by atoms with Crippen molar-refractivity contribution in [1.29, 1.82) is 0 Å². The molecular formula is C12H15Cl2NO4S2. The van der Waals surface area contributed by atoms with Crippen LogP contribution in [-0.2, 0) is 14.8 Å². The smallest absolute Gasteiger partial charge is 0.325 e. The molecule has 0 aliphatic heterocycles. The summed E-state index contributed by atoms with van der Waals surface area (Å²) in [7, 11) is -4.04. The molecule has 1 aromatic heterocycles. The summed E-state index contributed by atoms with van der Waals surface area (Å²) in [5.74, 6) is -1.46. The zero-order valence-corrected chi connectivity index (χ0v) is 14.4. The number of thiophene rings is 1. The Morgan fingerprint density at radius 1 is 1.48 bits per heavy atom. The molecule has 1 aliphatic rings. The molecule has 0 amide bonds. The van der Waals surface area contributed by atoms with Gasteiger partial charge in [0.2, 0.25) is 10.0 Å². The fourth-order valence-electron chi connectivity index (χ4n) is 2.66. The summed E-state index contributed by atoms with van der Waals surface area (Å²) in [6.07, 6.45) is 2.48. The predicted molar refractivity (Wildman–Crippen MR) is 82.7 cm³/mol. The Labute approximate surface area is 137 Å². The fraction of sp³-hybridized carbons (Fsp3) is 0.583. The van der Waals surface area contributed by atoms with Crippen molar-refractivity contribution in [3.8, 4) is 0 Å². The van der Waals surface area contributed by atoms with Crippen LogP contribution in [0.2, 0.25) is 8.67 Å². The van der Waals surface area contributed by atoms with Crippen molar-refractivity contribution in [3.63, 3.8) is 0 Å². The first-order chi connectivity index (χ1) is 9.69. The van der Waals surface area contributed by atoms with E-state index in [0.29, 0.717) is 12.8 Å². The van der Waals surface area contributed by atoms with Gasteiger partial charge >= 0.3 is 5.97 Å². The van der Waals surface area contributed by atoms with Gasteiger partial charge < -0.3 is 5.11 Å². The molecule has 1 heterocycles. The maximum absolute atomic E-state index is 12.5. The molecule has 0 aromatic carbocycles. The lowest BCUT2D eigenvalue weighted by molar-refractivity contribution is -0.147. The second-order valence-electron chi connectivity index (χ2n) is 5.22. The van der Waals surface area contributed by atoms with Gasteiger partial charge in [0.1, 0.15) is 14.8 Å². The van der Waals surface area contributed by atoms with Crippen molar-refractivity contribution >= 4 is 50.5 Å². The van der Waals surface area contributed by atoms with Gasteiger partial charge in [0.25, 0.3) is 0 Å². The van der Waals surface area contributed by atoms with Crippen LogP contribution in [0.3, 0.4) is 0 Å². The van der Waals surface area contributed by atoms with E-state index in [2.05, 4.69) is 4.72 Å². The minimum atomic E-state index is -4.04.